The predicted octanol–water partition coefficient (Wildman–Crippen LogP) is 5.70. The molecule has 2 aromatic rings. The van der Waals surface area contributed by atoms with Crippen LogP contribution in [-0.2, 0) is 4.79 Å². The van der Waals surface area contributed by atoms with Gasteiger partial charge in [0.2, 0.25) is 5.91 Å². The fraction of sp³-hybridized carbons (Fsp3) is 0.375. The number of ether oxygens (including phenoxy) is 3. The summed E-state index contributed by atoms with van der Waals surface area (Å²) in [4.78, 5) is 12.2. The molecule has 0 aliphatic heterocycles. The van der Waals surface area contributed by atoms with Gasteiger partial charge in [-0.1, -0.05) is 44.7 Å². The largest absolute Gasteiger partial charge is 0.494 e. The summed E-state index contributed by atoms with van der Waals surface area (Å²) in [5.41, 5.74) is 1.55. The minimum atomic E-state index is -0.212. The van der Waals surface area contributed by atoms with Gasteiger partial charge < -0.3 is 19.5 Å². The zero-order chi connectivity index (χ0) is 20.9. The van der Waals surface area contributed by atoms with Crippen molar-refractivity contribution in [3.8, 4) is 17.2 Å². The smallest absolute Gasteiger partial charge is 0.248 e. The first kappa shape index (κ1) is 22.3. The zero-order valence-electron chi connectivity index (χ0n) is 17.6. The van der Waals surface area contributed by atoms with Crippen molar-refractivity contribution in [2.24, 2.45) is 0 Å². The standard InChI is InChI=1S/C24H31NO4/c1-4-5-6-7-8-16-29-21-11-9-10-20(18-21)25-24(26)15-13-19-12-14-22(27-2)23(17-19)28-3/h9-15,17-18H,4-8,16H2,1-3H3,(H,25,26)/b15-13+. The molecule has 2 rings (SSSR count). The van der Waals surface area contributed by atoms with E-state index in [4.69, 9.17) is 14.2 Å². The molecule has 5 nitrogen and oxygen atoms in total. The van der Waals surface area contributed by atoms with E-state index in [1.807, 2.05) is 36.4 Å². The quantitative estimate of drug-likeness (QED) is 0.368. The SMILES string of the molecule is CCCCCCCOc1cccc(NC(=O)/C=C/c2ccc(OC)c(OC)c2)c1. The van der Waals surface area contributed by atoms with Gasteiger partial charge in [-0.25, -0.2) is 0 Å². The highest BCUT2D eigenvalue weighted by atomic mass is 16.5. The van der Waals surface area contributed by atoms with Crippen molar-refractivity contribution in [1.82, 2.24) is 0 Å². The molecule has 0 radical (unpaired) electrons. The lowest BCUT2D eigenvalue weighted by Crippen LogP contribution is -2.08. The molecule has 0 aliphatic carbocycles. The van der Waals surface area contributed by atoms with Gasteiger partial charge in [0, 0.05) is 17.8 Å². The van der Waals surface area contributed by atoms with Crippen LogP contribution in [0.15, 0.2) is 48.5 Å². The Bertz CT molecular complexity index is 801. The van der Waals surface area contributed by atoms with E-state index in [1.54, 1.807) is 26.4 Å². The molecule has 0 atom stereocenters. The lowest BCUT2D eigenvalue weighted by Gasteiger charge is -2.09. The topological polar surface area (TPSA) is 56.8 Å². The first-order valence-corrected chi connectivity index (χ1v) is 10.1. The Balaban J connectivity index is 1.86. The third kappa shape index (κ3) is 7.90. The summed E-state index contributed by atoms with van der Waals surface area (Å²) in [6, 6.07) is 12.9. The van der Waals surface area contributed by atoms with Gasteiger partial charge in [0.15, 0.2) is 11.5 Å². The van der Waals surface area contributed by atoms with E-state index in [9.17, 15) is 4.79 Å². The molecule has 29 heavy (non-hydrogen) atoms. The molecule has 0 spiro atoms. The van der Waals surface area contributed by atoms with Crippen LogP contribution in [0.1, 0.15) is 44.6 Å². The van der Waals surface area contributed by atoms with Crippen molar-refractivity contribution >= 4 is 17.7 Å². The van der Waals surface area contributed by atoms with Gasteiger partial charge in [-0.3, -0.25) is 4.79 Å². The Labute approximate surface area is 173 Å². The number of rotatable bonds is 12. The number of anilines is 1. The maximum atomic E-state index is 12.2. The van der Waals surface area contributed by atoms with Crippen molar-refractivity contribution < 1.29 is 19.0 Å². The maximum Gasteiger partial charge on any atom is 0.248 e. The van der Waals surface area contributed by atoms with Crippen LogP contribution in [0.4, 0.5) is 5.69 Å². The molecule has 0 bridgehead atoms. The van der Waals surface area contributed by atoms with Crippen LogP contribution in [0.25, 0.3) is 6.08 Å². The molecule has 0 unspecified atom stereocenters. The minimum absolute atomic E-state index is 0.212. The second-order valence-corrected chi connectivity index (χ2v) is 6.73. The summed E-state index contributed by atoms with van der Waals surface area (Å²) in [5, 5.41) is 2.86. The summed E-state index contributed by atoms with van der Waals surface area (Å²) in [7, 11) is 3.17. The zero-order valence-corrected chi connectivity index (χ0v) is 17.6. The predicted molar refractivity (Wildman–Crippen MR) is 118 cm³/mol. The number of hydrogen-bond donors (Lipinski definition) is 1. The van der Waals surface area contributed by atoms with E-state index >= 15 is 0 Å². The lowest BCUT2D eigenvalue weighted by atomic mass is 10.2. The molecule has 0 aromatic heterocycles. The average molecular weight is 398 g/mol. The van der Waals surface area contributed by atoms with Gasteiger partial charge in [0.25, 0.3) is 0 Å². The molecule has 0 aliphatic rings. The Morgan fingerprint density at radius 1 is 0.966 bits per heavy atom. The van der Waals surface area contributed by atoms with Crippen LogP contribution in [-0.4, -0.2) is 26.7 Å². The molecule has 0 fully saturated rings. The van der Waals surface area contributed by atoms with E-state index in [-0.39, 0.29) is 5.91 Å². The highest BCUT2D eigenvalue weighted by molar-refractivity contribution is 6.02. The summed E-state index contributed by atoms with van der Waals surface area (Å²) >= 11 is 0. The Morgan fingerprint density at radius 2 is 1.76 bits per heavy atom. The van der Waals surface area contributed by atoms with Crippen LogP contribution in [0.3, 0.4) is 0 Å². The van der Waals surface area contributed by atoms with Crippen molar-refractivity contribution in [3.63, 3.8) is 0 Å². The average Bonchev–Trinajstić information content (AvgIpc) is 2.74. The van der Waals surface area contributed by atoms with Gasteiger partial charge in [-0.05, 0) is 42.3 Å². The number of carbonyl (C=O) groups excluding carboxylic acids is 1. The number of nitrogens with one attached hydrogen (secondary N) is 1. The molecule has 156 valence electrons. The molecule has 0 saturated carbocycles. The fourth-order valence-corrected chi connectivity index (χ4v) is 2.87. The van der Waals surface area contributed by atoms with Gasteiger partial charge >= 0.3 is 0 Å². The number of amides is 1. The summed E-state index contributed by atoms with van der Waals surface area (Å²) in [5.74, 6) is 1.82. The fourth-order valence-electron chi connectivity index (χ4n) is 2.87. The first-order valence-electron chi connectivity index (χ1n) is 10.1. The van der Waals surface area contributed by atoms with E-state index in [0.717, 1.165) is 17.7 Å². The van der Waals surface area contributed by atoms with Crippen LogP contribution < -0.4 is 19.5 Å². The van der Waals surface area contributed by atoms with E-state index in [1.165, 1.54) is 31.8 Å². The van der Waals surface area contributed by atoms with Gasteiger partial charge in [0.05, 0.1) is 20.8 Å². The van der Waals surface area contributed by atoms with Crippen LogP contribution in [0.5, 0.6) is 17.2 Å². The number of hydrogen-bond acceptors (Lipinski definition) is 4. The van der Waals surface area contributed by atoms with Crippen molar-refractivity contribution in [2.75, 3.05) is 26.1 Å². The third-order valence-electron chi connectivity index (χ3n) is 4.45. The Kier molecular flexibility index (Phi) is 9.63. The van der Waals surface area contributed by atoms with Crippen molar-refractivity contribution in [1.29, 1.82) is 0 Å². The molecule has 5 heteroatoms. The second-order valence-electron chi connectivity index (χ2n) is 6.73. The molecule has 1 amide bonds. The van der Waals surface area contributed by atoms with Crippen LogP contribution in [0.2, 0.25) is 0 Å². The van der Waals surface area contributed by atoms with Gasteiger partial charge in [-0.15, -0.1) is 0 Å². The molecular weight excluding hydrogens is 366 g/mol. The third-order valence-corrected chi connectivity index (χ3v) is 4.45. The minimum Gasteiger partial charge on any atom is -0.494 e. The Morgan fingerprint density at radius 3 is 2.52 bits per heavy atom. The lowest BCUT2D eigenvalue weighted by molar-refractivity contribution is -0.111. The summed E-state index contributed by atoms with van der Waals surface area (Å²) in [6.07, 6.45) is 9.22. The molecule has 0 heterocycles. The molecule has 1 N–H and O–H groups in total. The summed E-state index contributed by atoms with van der Waals surface area (Å²) < 4.78 is 16.3. The van der Waals surface area contributed by atoms with Crippen molar-refractivity contribution in [2.45, 2.75) is 39.0 Å². The second kappa shape index (κ2) is 12.5. The molecule has 2 aromatic carbocycles. The van der Waals surface area contributed by atoms with Gasteiger partial charge in [-0.2, -0.15) is 0 Å². The highest BCUT2D eigenvalue weighted by Gasteiger charge is 2.04. The first-order chi connectivity index (χ1) is 14.2. The van der Waals surface area contributed by atoms with E-state index in [0.29, 0.717) is 23.8 Å². The normalized spacial score (nSPS) is 10.7. The number of methoxy groups -OCH3 is 2. The number of carbonyl (C=O) groups is 1. The van der Waals surface area contributed by atoms with E-state index < -0.39 is 0 Å². The number of unbranched alkanes of at least 4 members (excludes halogenated alkanes) is 4. The summed E-state index contributed by atoms with van der Waals surface area (Å²) in [6.45, 7) is 2.90. The monoisotopic (exact) mass is 397 g/mol. The number of benzene rings is 2. The molecule has 0 saturated heterocycles. The van der Waals surface area contributed by atoms with Crippen LogP contribution in [0, 0.1) is 0 Å². The maximum absolute atomic E-state index is 12.2. The highest BCUT2D eigenvalue weighted by Crippen LogP contribution is 2.28. The van der Waals surface area contributed by atoms with Gasteiger partial charge in [0.1, 0.15) is 5.75 Å². The molecular formula is C24H31NO4. The van der Waals surface area contributed by atoms with E-state index in [2.05, 4.69) is 12.2 Å². The van der Waals surface area contributed by atoms with Crippen molar-refractivity contribution in [3.05, 3.63) is 54.1 Å². The van der Waals surface area contributed by atoms with Crippen LogP contribution >= 0.6 is 0 Å². The Hall–Kier alpha value is -2.95.